The van der Waals surface area contributed by atoms with E-state index < -0.39 is 0 Å². The van der Waals surface area contributed by atoms with Gasteiger partial charge in [-0.3, -0.25) is 4.79 Å². The zero-order valence-corrected chi connectivity index (χ0v) is 10.2. The Balaban J connectivity index is 2.15. The van der Waals surface area contributed by atoms with E-state index in [1.165, 1.54) is 0 Å². The summed E-state index contributed by atoms with van der Waals surface area (Å²) in [6.45, 7) is 5.07. The molecule has 1 aliphatic heterocycles. The average Bonchev–Trinajstić information content (AvgIpc) is 2.37. The molecule has 0 aromatic carbocycles. The summed E-state index contributed by atoms with van der Waals surface area (Å²) in [6.07, 6.45) is 1.88. The molecule has 1 saturated heterocycles. The second kappa shape index (κ2) is 5.93. The van der Waals surface area contributed by atoms with Crippen LogP contribution in [0.4, 0.5) is 0 Å². The Morgan fingerprint density at radius 1 is 1.53 bits per heavy atom. The van der Waals surface area contributed by atoms with Gasteiger partial charge in [-0.1, -0.05) is 6.92 Å². The second-order valence-corrected chi connectivity index (χ2v) is 4.29. The Labute approximate surface area is 101 Å². The van der Waals surface area contributed by atoms with Crippen molar-refractivity contribution in [2.45, 2.75) is 32.2 Å². The van der Waals surface area contributed by atoms with Gasteiger partial charge >= 0.3 is 0 Å². The average molecular weight is 237 g/mol. The number of nitrogens with zero attached hydrogens (tertiary/aromatic N) is 1. The Morgan fingerprint density at radius 3 is 3.00 bits per heavy atom. The topological polar surface area (TPSA) is 67.0 Å². The van der Waals surface area contributed by atoms with Crippen LogP contribution in [0.25, 0.3) is 0 Å². The molecule has 1 fully saturated rings. The standard InChI is InChI=1S/C12H19N3O2/c1-2-13-8-10-7-11(16)15-12(14-10)9-3-5-17-6-4-9/h7,9,13H,2-6,8H2,1H3,(H,14,15,16). The van der Waals surface area contributed by atoms with Crippen LogP contribution >= 0.6 is 0 Å². The smallest absolute Gasteiger partial charge is 0.251 e. The normalized spacial score (nSPS) is 17.2. The summed E-state index contributed by atoms with van der Waals surface area (Å²) in [5.41, 5.74) is 0.756. The van der Waals surface area contributed by atoms with Crippen molar-refractivity contribution in [3.63, 3.8) is 0 Å². The van der Waals surface area contributed by atoms with E-state index >= 15 is 0 Å². The molecule has 94 valence electrons. The van der Waals surface area contributed by atoms with Crippen LogP contribution in [0.3, 0.4) is 0 Å². The lowest BCUT2D eigenvalue weighted by Gasteiger charge is -2.21. The number of hydrogen-bond acceptors (Lipinski definition) is 4. The maximum Gasteiger partial charge on any atom is 0.251 e. The zero-order valence-electron chi connectivity index (χ0n) is 10.2. The SMILES string of the molecule is CCNCc1cc(=O)[nH]c(C2CCOCC2)n1. The summed E-state index contributed by atoms with van der Waals surface area (Å²) in [5, 5.41) is 3.18. The van der Waals surface area contributed by atoms with Crippen molar-refractivity contribution in [1.29, 1.82) is 0 Å². The molecule has 0 bridgehead atoms. The van der Waals surface area contributed by atoms with Gasteiger partial charge in [0.1, 0.15) is 5.82 Å². The lowest BCUT2D eigenvalue weighted by atomic mass is 9.99. The van der Waals surface area contributed by atoms with Crippen molar-refractivity contribution in [3.05, 3.63) is 27.9 Å². The molecule has 0 amide bonds. The largest absolute Gasteiger partial charge is 0.381 e. The van der Waals surface area contributed by atoms with Crippen LogP contribution in [-0.2, 0) is 11.3 Å². The van der Waals surface area contributed by atoms with Gasteiger partial charge in [0.25, 0.3) is 5.56 Å². The van der Waals surface area contributed by atoms with Crippen LogP contribution < -0.4 is 10.9 Å². The predicted octanol–water partition coefficient (Wildman–Crippen LogP) is 0.773. The zero-order chi connectivity index (χ0) is 12.1. The number of H-pyrrole nitrogens is 1. The van der Waals surface area contributed by atoms with Crippen LogP contribution in [0.2, 0.25) is 0 Å². The molecule has 0 unspecified atom stereocenters. The molecule has 2 rings (SSSR count). The molecule has 2 N–H and O–H groups in total. The lowest BCUT2D eigenvalue weighted by Crippen LogP contribution is -2.23. The molecule has 0 saturated carbocycles. The van der Waals surface area contributed by atoms with Crippen LogP contribution in [-0.4, -0.2) is 29.7 Å². The van der Waals surface area contributed by atoms with E-state index in [0.717, 1.165) is 44.1 Å². The predicted molar refractivity (Wildman–Crippen MR) is 65.0 cm³/mol. The van der Waals surface area contributed by atoms with E-state index in [9.17, 15) is 4.79 Å². The molecule has 0 atom stereocenters. The highest BCUT2D eigenvalue weighted by Gasteiger charge is 2.18. The maximum atomic E-state index is 11.6. The van der Waals surface area contributed by atoms with Crippen LogP contribution in [0.1, 0.15) is 37.2 Å². The monoisotopic (exact) mass is 237 g/mol. The summed E-state index contributed by atoms with van der Waals surface area (Å²) in [6, 6.07) is 1.56. The fourth-order valence-electron chi connectivity index (χ4n) is 2.04. The maximum absolute atomic E-state index is 11.6. The van der Waals surface area contributed by atoms with Gasteiger partial charge in [0, 0.05) is 31.7 Å². The highest BCUT2D eigenvalue weighted by Crippen LogP contribution is 2.23. The van der Waals surface area contributed by atoms with Gasteiger partial charge in [0.2, 0.25) is 0 Å². The number of nitrogens with one attached hydrogen (secondary N) is 2. The van der Waals surface area contributed by atoms with Crippen molar-refractivity contribution in [1.82, 2.24) is 15.3 Å². The van der Waals surface area contributed by atoms with E-state index in [1.54, 1.807) is 6.07 Å². The number of ether oxygens (including phenoxy) is 1. The van der Waals surface area contributed by atoms with Crippen LogP contribution in [0.15, 0.2) is 10.9 Å². The third-order valence-corrected chi connectivity index (χ3v) is 2.98. The molecule has 1 aromatic rings. The first-order chi connectivity index (χ1) is 8.29. The molecular formula is C12H19N3O2. The molecule has 1 aromatic heterocycles. The van der Waals surface area contributed by atoms with Gasteiger partial charge in [-0.25, -0.2) is 4.98 Å². The molecule has 2 heterocycles. The van der Waals surface area contributed by atoms with E-state index in [2.05, 4.69) is 15.3 Å². The molecular weight excluding hydrogens is 218 g/mol. The molecule has 1 aliphatic rings. The van der Waals surface area contributed by atoms with Gasteiger partial charge < -0.3 is 15.0 Å². The van der Waals surface area contributed by atoms with E-state index in [4.69, 9.17) is 4.74 Å². The van der Waals surface area contributed by atoms with Crippen molar-refractivity contribution in [2.24, 2.45) is 0 Å². The van der Waals surface area contributed by atoms with Crippen LogP contribution in [0.5, 0.6) is 0 Å². The minimum Gasteiger partial charge on any atom is -0.381 e. The van der Waals surface area contributed by atoms with Gasteiger partial charge in [0.05, 0.1) is 5.69 Å². The summed E-state index contributed by atoms with van der Waals surface area (Å²) in [5.74, 6) is 1.15. The minimum atomic E-state index is -0.0607. The Hall–Kier alpha value is -1.20. The first kappa shape index (κ1) is 12.3. The van der Waals surface area contributed by atoms with Crippen molar-refractivity contribution in [3.8, 4) is 0 Å². The van der Waals surface area contributed by atoms with Gasteiger partial charge in [-0.05, 0) is 19.4 Å². The molecule has 5 nitrogen and oxygen atoms in total. The van der Waals surface area contributed by atoms with Crippen LogP contribution in [0, 0.1) is 0 Å². The summed E-state index contributed by atoms with van der Waals surface area (Å²) >= 11 is 0. The molecule has 5 heteroatoms. The van der Waals surface area contributed by atoms with E-state index in [0.29, 0.717) is 12.5 Å². The molecule has 0 radical (unpaired) electrons. The first-order valence-electron chi connectivity index (χ1n) is 6.18. The Morgan fingerprint density at radius 2 is 2.29 bits per heavy atom. The fraction of sp³-hybridized carbons (Fsp3) is 0.667. The number of rotatable bonds is 4. The third kappa shape index (κ3) is 3.38. The molecule has 0 spiro atoms. The summed E-state index contributed by atoms with van der Waals surface area (Å²) in [4.78, 5) is 18.9. The van der Waals surface area contributed by atoms with E-state index in [-0.39, 0.29) is 5.56 Å². The highest BCUT2D eigenvalue weighted by atomic mass is 16.5. The third-order valence-electron chi connectivity index (χ3n) is 2.98. The Bertz CT molecular complexity index is 410. The van der Waals surface area contributed by atoms with Crippen molar-refractivity contribution in [2.75, 3.05) is 19.8 Å². The minimum absolute atomic E-state index is 0.0607. The second-order valence-electron chi connectivity index (χ2n) is 4.29. The van der Waals surface area contributed by atoms with Crippen molar-refractivity contribution < 1.29 is 4.74 Å². The highest BCUT2D eigenvalue weighted by molar-refractivity contribution is 5.06. The number of hydrogen-bond donors (Lipinski definition) is 2. The van der Waals surface area contributed by atoms with Gasteiger partial charge in [0.15, 0.2) is 0 Å². The number of aromatic amines is 1. The quantitative estimate of drug-likeness (QED) is 0.812. The molecule has 0 aliphatic carbocycles. The first-order valence-corrected chi connectivity index (χ1v) is 6.18. The molecule has 17 heavy (non-hydrogen) atoms. The summed E-state index contributed by atoms with van der Waals surface area (Å²) in [7, 11) is 0. The fourth-order valence-corrected chi connectivity index (χ4v) is 2.04. The van der Waals surface area contributed by atoms with Gasteiger partial charge in [-0.2, -0.15) is 0 Å². The lowest BCUT2D eigenvalue weighted by molar-refractivity contribution is 0.0835. The Kier molecular flexibility index (Phi) is 4.28. The van der Waals surface area contributed by atoms with Crippen molar-refractivity contribution >= 4 is 0 Å². The summed E-state index contributed by atoms with van der Waals surface area (Å²) < 4.78 is 5.31. The van der Waals surface area contributed by atoms with Gasteiger partial charge in [-0.15, -0.1) is 0 Å². The number of aromatic nitrogens is 2. The van der Waals surface area contributed by atoms with E-state index in [1.807, 2.05) is 6.92 Å².